The van der Waals surface area contributed by atoms with Crippen LogP contribution in [0.4, 0.5) is 0 Å². The van der Waals surface area contributed by atoms with Crippen LogP contribution in [0.25, 0.3) is 11.1 Å². The molecule has 156 valence electrons. The summed E-state index contributed by atoms with van der Waals surface area (Å²) in [5.74, 6) is 1.23. The summed E-state index contributed by atoms with van der Waals surface area (Å²) in [6, 6.07) is 6.08. The van der Waals surface area contributed by atoms with Gasteiger partial charge in [0.2, 0.25) is 0 Å². The quantitative estimate of drug-likeness (QED) is 0.578. The second-order valence-electron chi connectivity index (χ2n) is 8.00. The highest BCUT2D eigenvalue weighted by molar-refractivity contribution is 6.30. The van der Waals surface area contributed by atoms with Gasteiger partial charge >= 0.3 is 0 Å². The van der Waals surface area contributed by atoms with Gasteiger partial charge in [0.15, 0.2) is 0 Å². The van der Waals surface area contributed by atoms with Crippen molar-refractivity contribution in [3.8, 4) is 11.1 Å². The van der Waals surface area contributed by atoms with Crippen LogP contribution in [0.3, 0.4) is 0 Å². The van der Waals surface area contributed by atoms with Crippen molar-refractivity contribution in [1.29, 1.82) is 0 Å². The third kappa shape index (κ3) is 4.38. The number of hydrogen-bond acceptors (Lipinski definition) is 5. The number of halogens is 1. The summed E-state index contributed by atoms with van der Waals surface area (Å²) in [6.07, 6.45) is 10.1. The molecule has 3 aromatic rings. The first-order valence-electron chi connectivity index (χ1n) is 10.3. The number of likely N-dealkylation sites (tertiary alicyclic amines) is 1. The van der Waals surface area contributed by atoms with E-state index in [2.05, 4.69) is 22.0 Å². The molecule has 6 nitrogen and oxygen atoms in total. The molecule has 0 unspecified atom stereocenters. The molecule has 3 heterocycles. The lowest BCUT2D eigenvalue weighted by molar-refractivity contribution is 0.0499. The van der Waals surface area contributed by atoms with Crippen LogP contribution in [0, 0.1) is 12.8 Å². The number of carbonyl (C=O) groups excluding carboxylic acids is 1. The Labute approximate surface area is 181 Å². The molecule has 0 N–H and O–H groups in total. The Morgan fingerprint density at radius 1 is 1.27 bits per heavy atom. The molecule has 1 aliphatic rings. The minimum atomic E-state index is 0.0588. The topological polar surface area (TPSA) is 72.1 Å². The molecule has 0 aliphatic carbocycles. The number of nitrogens with zero attached hydrogens (tertiary/aromatic N) is 4. The highest BCUT2D eigenvalue weighted by Crippen LogP contribution is 2.31. The Morgan fingerprint density at radius 3 is 2.80 bits per heavy atom. The average molecular weight is 425 g/mol. The molecule has 1 fully saturated rings. The van der Waals surface area contributed by atoms with Gasteiger partial charge in [-0.2, -0.15) is 0 Å². The van der Waals surface area contributed by atoms with E-state index in [1.165, 1.54) is 0 Å². The molecule has 0 bridgehead atoms. The van der Waals surface area contributed by atoms with Gasteiger partial charge in [-0.3, -0.25) is 4.79 Å². The van der Waals surface area contributed by atoms with Crippen molar-refractivity contribution in [2.45, 2.75) is 45.6 Å². The van der Waals surface area contributed by atoms with Crippen LogP contribution >= 0.6 is 11.6 Å². The van der Waals surface area contributed by atoms with Gasteiger partial charge in [-0.25, -0.2) is 9.97 Å². The van der Waals surface area contributed by atoms with Crippen LogP contribution in [0.2, 0.25) is 5.02 Å². The van der Waals surface area contributed by atoms with E-state index in [-0.39, 0.29) is 11.9 Å². The number of carbonyl (C=O) groups is 1. The summed E-state index contributed by atoms with van der Waals surface area (Å²) >= 11 is 5.90. The van der Waals surface area contributed by atoms with Gasteiger partial charge in [-0.15, -0.1) is 0 Å². The summed E-state index contributed by atoms with van der Waals surface area (Å²) in [4.78, 5) is 24.4. The van der Waals surface area contributed by atoms with Gasteiger partial charge in [0, 0.05) is 42.5 Å². The van der Waals surface area contributed by atoms with Gasteiger partial charge in [0.25, 0.3) is 5.91 Å². The van der Waals surface area contributed by atoms with E-state index in [1.54, 1.807) is 24.9 Å². The second-order valence-corrected chi connectivity index (χ2v) is 8.44. The Balaban J connectivity index is 1.60. The molecule has 1 amide bonds. The van der Waals surface area contributed by atoms with E-state index >= 15 is 0 Å². The maximum Gasteiger partial charge on any atom is 0.254 e. The van der Waals surface area contributed by atoms with Crippen LogP contribution in [-0.2, 0) is 6.42 Å². The third-order valence-electron chi connectivity index (χ3n) is 5.86. The number of hydrogen-bond donors (Lipinski definition) is 0. The highest BCUT2D eigenvalue weighted by atomic mass is 35.5. The molecule has 0 saturated carbocycles. The predicted octanol–water partition coefficient (Wildman–Crippen LogP) is 4.97. The average Bonchev–Trinajstić information content (AvgIpc) is 3.28. The predicted molar refractivity (Wildman–Crippen MR) is 115 cm³/mol. The van der Waals surface area contributed by atoms with Crippen molar-refractivity contribution >= 4 is 17.5 Å². The van der Waals surface area contributed by atoms with Crippen LogP contribution in [0.1, 0.15) is 47.9 Å². The Kier molecular flexibility index (Phi) is 6.13. The number of benzene rings is 1. The minimum Gasteiger partial charge on any atom is -0.364 e. The lowest BCUT2D eigenvalue weighted by Gasteiger charge is -2.40. The fourth-order valence-electron chi connectivity index (χ4n) is 4.27. The molecule has 1 saturated heterocycles. The second kappa shape index (κ2) is 8.96. The standard InChI is InChI=1S/C23H25ClN4O2/c1-15-5-6-19(17-11-27-30-14-17)20(10-15)23(29)28-9-3-4-16(2)21(28)7-8-22-25-12-18(24)13-26-22/h5-6,10-14,16,21H,3-4,7-9H2,1-2H3/t16-,21-/m1/s1. The maximum atomic E-state index is 13.7. The van der Waals surface area contributed by atoms with Crippen molar-refractivity contribution in [2.24, 2.45) is 5.92 Å². The number of aromatic nitrogens is 3. The molecule has 1 aliphatic heterocycles. The van der Waals surface area contributed by atoms with E-state index < -0.39 is 0 Å². The molecule has 4 rings (SSSR count). The number of amides is 1. The Morgan fingerprint density at radius 2 is 2.07 bits per heavy atom. The van der Waals surface area contributed by atoms with Crippen molar-refractivity contribution in [3.05, 3.63) is 65.0 Å². The molecule has 1 aromatic carbocycles. The molecule has 7 heteroatoms. The van der Waals surface area contributed by atoms with E-state index in [9.17, 15) is 4.79 Å². The van der Waals surface area contributed by atoms with Crippen LogP contribution in [0.5, 0.6) is 0 Å². The van der Waals surface area contributed by atoms with Gasteiger partial charge < -0.3 is 9.42 Å². The van der Waals surface area contributed by atoms with Crippen molar-refractivity contribution < 1.29 is 9.32 Å². The maximum absolute atomic E-state index is 13.7. The zero-order valence-electron chi connectivity index (χ0n) is 17.2. The van der Waals surface area contributed by atoms with Crippen LogP contribution in [-0.4, -0.2) is 38.5 Å². The first-order chi connectivity index (χ1) is 14.5. The Hall–Kier alpha value is -2.73. The number of aryl methyl sites for hydroxylation is 2. The van der Waals surface area contributed by atoms with Crippen LogP contribution in [0.15, 0.2) is 47.6 Å². The zero-order valence-corrected chi connectivity index (χ0v) is 18.0. The molecular formula is C23H25ClN4O2. The van der Waals surface area contributed by atoms with Crippen molar-refractivity contribution in [2.75, 3.05) is 6.54 Å². The normalized spacial score (nSPS) is 19.1. The molecular weight excluding hydrogens is 400 g/mol. The first kappa shape index (κ1) is 20.5. The molecule has 30 heavy (non-hydrogen) atoms. The lowest BCUT2D eigenvalue weighted by atomic mass is 9.86. The summed E-state index contributed by atoms with van der Waals surface area (Å²) in [5, 5.41) is 4.34. The van der Waals surface area contributed by atoms with E-state index in [4.69, 9.17) is 16.1 Å². The first-order valence-corrected chi connectivity index (χ1v) is 10.7. The van der Waals surface area contributed by atoms with Crippen LogP contribution < -0.4 is 0 Å². The minimum absolute atomic E-state index is 0.0588. The SMILES string of the molecule is Cc1ccc(-c2cnoc2)c(C(=O)N2CCC[C@@H](C)[C@H]2CCc2ncc(Cl)cn2)c1. The lowest BCUT2D eigenvalue weighted by Crippen LogP contribution is -2.48. The van der Waals surface area contributed by atoms with Gasteiger partial charge in [-0.05, 0) is 43.7 Å². The number of piperidine rings is 1. The van der Waals surface area contributed by atoms with Gasteiger partial charge in [-0.1, -0.05) is 41.4 Å². The summed E-state index contributed by atoms with van der Waals surface area (Å²) < 4.78 is 5.02. The van der Waals surface area contributed by atoms with Gasteiger partial charge in [0.1, 0.15) is 12.1 Å². The summed E-state index contributed by atoms with van der Waals surface area (Å²) in [6.45, 7) is 4.98. The van der Waals surface area contributed by atoms with Gasteiger partial charge in [0.05, 0.1) is 11.2 Å². The van der Waals surface area contributed by atoms with Crippen molar-refractivity contribution in [1.82, 2.24) is 20.0 Å². The Bertz CT molecular complexity index is 1000. The van der Waals surface area contributed by atoms with Crippen molar-refractivity contribution in [3.63, 3.8) is 0 Å². The molecule has 2 atom stereocenters. The summed E-state index contributed by atoms with van der Waals surface area (Å²) in [7, 11) is 0. The van der Waals surface area contributed by atoms with E-state index in [0.717, 1.165) is 48.3 Å². The largest absolute Gasteiger partial charge is 0.364 e. The molecule has 0 spiro atoms. The smallest absolute Gasteiger partial charge is 0.254 e. The fraction of sp³-hybridized carbons (Fsp3) is 0.391. The van der Waals surface area contributed by atoms with E-state index in [0.29, 0.717) is 22.9 Å². The fourth-order valence-corrected chi connectivity index (χ4v) is 4.36. The monoisotopic (exact) mass is 424 g/mol. The summed E-state index contributed by atoms with van der Waals surface area (Å²) in [5.41, 5.74) is 3.41. The highest BCUT2D eigenvalue weighted by Gasteiger charge is 2.33. The molecule has 2 aromatic heterocycles. The zero-order chi connectivity index (χ0) is 21.1. The third-order valence-corrected chi connectivity index (χ3v) is 6.06. The molecule has 0 radical (unpaired) electrons. The number of rotatable bonds is 5. The van der Waals surface area contributed by atoms with E-state index in [1.807, 2.05) is 30.0 Å².